The smallest absolute Gasteiger partial charge is 0.310 e. The monoisotopic (exact) mass is 252 g/mol. The van der Waals surface area contributed by atoms with E-state index in [1.54, 1.807) is 6.20 Å². The van der Waals surface area contributed by atoms with E-state index in [1.807, 2.05) is 0 Å². The Kier molecular flexibility index (Phi) is 2.36. The van der Waals surface area contributed by atoms with Crippen LogP contribution in [0.1, 0.15) is 25.0 Å². The van der Waals surface area contributed by atoms with E-state index in [2.05, 4.69) is 9.97 Å². The van der Waals surface area contributed by atoms with Crippen LogP contribution in [-0.4, -0.2) is 21.0 Å². The summed E-state index contributed by atoms with van der Waals surface area (Å²) in [6, 6.07) is 0. The van der Waals surface area contributed by atoms with Crippen LogP contribution in [0.4, 0.5) is 0 Å². The molecule has 0 amide bonds. The van der Waals surface area contributed by atoms with Gasteiger partial charge in [0.25, 0.3) is 0 Å². The Bertz CT molecular complexity index is 450. The first-order chi connectivity index (χ1) is 8.09. The molecule has 2 fully saturated rings. The molecule has 1 N–H and O–H groups in total. The van der Waals surface area contributed by atoms with E-state index < -0.39 is 11.4 Å². The minimum atomic E-state index is -0.693. The van der Waals surface area contributed by atoms with E-state index in [-0.39, 0.29) is 0 Å². The van der Waals surface area contributed by atoms with E-state index in [0.717, 1.165) is 18.5 Å². The summed E-state index contributed by atoms with van der Waals surface area (Å²) >= 11 is 5.67. The molecule has 90 valence electrons. The van der Waals surface area contributed by atoms with E-state index in [9.17, 15) is 9.90 Å². The molecule has 0 aromatic carbocycles. The highest BCUT2D eigenvalue weighted by Gasteiger charge is 2.57. The summed E-state index contributed by atoms with van der Waals surface area (Å²) < 4.78 is 0. The predicted octanol–water partition coefficient (Wildman–Crippen LogP) is 2.17. The Labute approximate surface area is 104 Å². The van der Waals surface area contributed by atoms with Gasteiger partial charge in [0.15, 0.2) is 0 Å². The molecule has 0 spiro atoms. The summed E-state index contributed by atoms with van der Waals surface area (Å²) in [5.74, 6) is 0.569. The quantitative estimate of drug-likeness (QED) is 0.896. The van der Waals surface area contributed by atoms with Crippen molar-refractivity contribution in [3.63, 3.8) is 0 Å². The second kappa shape index (κ2) is 3.67. The SMILES string of the molecule is O=C(O)C1(Cc2cnc(Cl)cn2)CC2CC2C1. The van der Waals surface area contributed by atoms with Crippen molar-refractivity contribution in [3.8, 4) is 0 Å². The summed E-state index contributed by atoms with van der Waals surface area (Å²) in [4.78, 5) is 19.6. The fourth-order valence-corrected chi connectivity index (χ4v) is 3.17. The van der Waals surface area contributed by atoms with Crippen molar-refractivity contribution >= 4 is 17.6 Å². The first kappa shape index (κ1) is 11.0. The second-order valence-electron chi connectivity index (χ2n) is 5.26. The normalized spacial score (nSPS) is 34.4. The molecule has 2 unspecified atom stereocenters. The molecule has 5 heteroatoms. The maximum absolute atomic E-state index is 11.5. The van der Waals surface area contributed by atoms with E-state index in [4.69, 9.17) is 11.6 Å². The molecule has 0 saturated heterocycles. The summed E-state index contributed by atoms with van der Waals surface area (Å²) in [6.07, 6.45) is 6.31. The molecule has 0 bridgehead atoms. The van der Waals surface area contributed by atoms with Crippen LogP contribution in [0.15, 0.2) is 12.4 Å². The number of hydrogen-bond acceptors (Lipinski definition) is 3. The van der Waals surface area contributed by atoms with Gasteiger partial charge in [0.1, 0.15) is 5.15 Å². The van der Waals surface area contributed by atoms with Crippen LogP contribution < -0.4 is 0 Å². The Hall–Kier alpha value is -1.16. The molecule has 17 heavy (non-hydrogen) atoms. The Morgan fingerprint density at radius 3 is 2.65 bits per heavy atom. The van der Waals surface area contributed by atoms with Crippen molar-refractivity contribution in [1.29, 1.82) is 0 Å². The lowest BCUT2D eigenvalue weighted by molar-refractivity contribution is -0.149. The zero-order valence-electron chi connectivity index (χ0n) is 9.27. The van der Waals surface area contributed by atoms with Gasteiger partial charge in [-0.15, -0.1) is 0 Å². The van der Waals surface area contributed by atoms with Crippen LogP contribution >= 0.6 is 11.6 Å². The first-order valence-electron chi connectivity index (χ1n) is 5.79. The van der Waals surface area contributed by atoms with Gasteiger partial charge in [0, 0.05) is 6.42 Å². The van der Waals surface area contributed by atoms with Crippen LogP contribution in [0.2, 0.25) is 5.15 Å². The molecule has 0 radical (unpaired) electrons. The van der Waals surface area contributed by atoms with Crippen LogP contribution in [-0.2, 0) is 11.2 Å². The third kappa shape index (κ3) is 1.90. The maximum atomic E-state index is 11.5. The van der Waals surface area contributed by atoms with Gasteiger partial charge in [0.2, 0.25) is 0 Å². The third-order valence-electron chi connectivity index (χ3n) is 4.02. The van der Waals surface area contributed by atoms with E-state index >= 15 is 0 Å². The number of carbonyl (C=O) groups is 1. The average Bonchev–Trinajstić information content (AvgIpc) is 2.90. The number of aromatic nitrogens is 2. The van der Waals surface area contributed by atoms with E-state index in [1.165, 1.54) is 12.6 Å². The number of halogens is 1. The van der Waals surface area contributed by atoms with Gasteiger partial charge in [-0.2, -0.15) is 0 Å². The van der Waals surface area contributed by atoms with Gasteiger partial charge in [-0.1, -0.05) is 11.6 Å². The fourth-order valence-electron chi connectivity index (χ4n) is 3.07. The van der Waals surface area contributed by atoms with E-state index in [0.29, 0.717) is 23.4 Å². The molecule has 1 aromatic heterocycles. The lowest BCUT2D eigenvalue weighted by Crippen LogP contribution is -2.32. The minimum absolute atomic E-state index is 0.340. The highest BCUT2D eigenvalue weighted by molar-refractivity contribution is 6.29. The zero-order chi connectivity index (χ0) is 12.0. The van der Waals surface area contributed by atoms with Gasteiger partial charge in [-0.3, -0.25) is 9.78 Å². The number of rotatable bonds is 3. The molecule has 2 saturated carbocycles. The number of hydrogen-bond donors (Lipinski definition) is 1. The summed E-state index contributed by atoms with van der Waals surface area (Å²) in [5.41, 5.74) is 0.105. The van der Waals surface area contributed by atoms with Crippen LogP contribution in [0.3, 0.4) is 0 Å². The highest BCUT2D eigenvalue weighted by Crippen LogP contribution is 2.60. The summed E-state index contributed by atoms with van der Waals surface area (Å²) in [6.45, 7) is 0. The first-order valence-corrected chi connectivity index (χ1v) is 6.17. The molecule has 1 aromatic rings. The van der Waals surface area contributed by atoms with Crippen molar-refractivity contribution in [2.45, 2.75) is 25.7 Å². The van der Waals surface area contributed by atoms with Crippen molar-refractivity contribution in [1.82, 2.24) is 9.97 Å². The molecular weight excluding hydrogens is 240 g/mol. The molecular formula is C12H13ClN2O2. The zero-order valence-corrected chi connectivity index (χ0v) is 10.0. The van der Waals surface area contributed by atoms with Gasteiger partial charge in [0.05, 0.1) is 23.5 Å². The number of carboxylic acid groups (broad SMARTS) is 1. The molecule has 4 nitrogen and oxygen atoms in total. The van der Waals surface area contributed by atoms with Crippen LogP contribution in [0.5, 0.6) is 0 Å². The highest BCUT2D eigenvalue weighted by atomic mass is 35.5. The maximum Gasteiger partial charge on any atom is 0.310 e. The van der Waals surface area contributed by atoms with Crippen LogP contribution in [0, 0.1) is 17.3 Å². The average molecular weight is 253 g/mol. The van der Waals surface area contributed by atoms with Crippen LogP contribution in [0.25, 0.3) is 0 Å². The van der Waals surface area contributed by atoms with Crippen molar-refractivity contribution in [3.05, 3.63) is 23.2 Å². The van der Waals surface area contributed by atoms with Gasteiger partial charge < -0.3 is 5.11 Å². The Morgan fingerprint density at radius 1 is 1.41 bits per heavy atom. The molecule has 3 rings (SSSR count). The third-order valence-corrected chi connectivity index (χ3v) is 4.22. The predicted molar refractivity (Wildman–Crippen MR) is 61.6 cm³/mol. The summed E-state index contributed by atoms with van der Waals surface area (Å²) in [7, 11) is 0. The molecule has 2 aliphatic carbocycles. The molecule has 1 heterocycles. The molecule has 0 aliphatic heterocycles. The van der Waals surface area contributed by atoms with Gasteiger partial charge >= 0.3 is 5.97 Å². The molecule has 2 atom stereocenters. The van der Waals surface area contributed by atoms with Crippen molar-refractivity contribution in [2.75, 3.05) is 0 Å². The number of carboxylic acids is 1. The standard InChI is InChI=1S/C12H13ClN2O2/c13-10-6-14-9(5-15-10)4-12(11(16)17)2-7-1-8(7)3-12/h5-8H,1-4H2,(H,16,17). The topological polar surface area (TPSA) is 63.1 Å². The number of nitrogens with zero attached hydrogens (tertiary/aromatic N) is 2. The Morgan fingerprint density at radius 2 is 2.12 bits per heavy atom. The number of aliphatic carboxylic acids is 1. The Balaban J connectivity index is 1.81. The lowest BCUT2D eigenvalue weighted by Gasteiger charge is -2.25. The molecule has 2 aliphatic rings. The van der Waals surface area contributed by atoms with Crippen molar-refractivity contribution < 1.29 is 9.90 Å². The van der Waals surface area contributed by atoms with Gasteiger partial charge in [-0.25, -0.2) is 4.98 Å². The minimum Gasteiger partial charge on any atom is -0.481 e. The second-order valence-corrected chi connectivity index (χ2v) is 5.64. The lowest BCUT2D eigenvalue weighted by atomic mass is 9.79. The van der Waals surface area contributed by atoms with Crippen molar-refractivity contribution in [2.24, 2.45) is 17.3 Å². The van der Waals surface area contributed by atoms with Gasteiger partial charge in [-0.05, 0) is 31.1 Å². The number of fused-ring (bicyclic) bond motifs is 1. The fraction of sp³-hybridized carbons (Fsp3) is 0.583. The summed E-state index contributed by atoms with van der Waals surface area (Å²) in [5, 5.41) is 9.78. The largest absolute Gasteiger partial charge is 0.481 e.